The number of hydrogen-bond acceptors (Lipinski definition) is 5. The van der Waals surface area contributed by atoms with Crippen molar-refractivity contribution in [2.75, 3.05) is 34.7 Å². The molecule has 0 unspecified atom stereocenters. The van der Waals surface area contributed by atoms with Crippen LogP contribution in [-0.2, 0) is 16.6 Å². The summed E-state index contributed by atoms with van der Waals surface area (Å²) in [4.78, 5) is 18.3. The SMILES string of the molecule is Cc1c(-c2cncc(S(=O)(=O)N(C)C)c2)c2cc(C(=O)N(C)C)ccc2n1CC(F)=CCN. The maximum absolute atomic E-state index is 14.4. The predicted octanol–water partition coefficient (Wildman–Crippen LogP) is 2.78. The van der Waals surface area contributed by atoms with Crippen LogP contribution in [-0.4, -0.2) is 67.8 Å². The van der Waals surface area contributed by atoms with Crippen LogP contribution < -0.4 is 5.73 Å². The average Bonchev–Trinajstić information content (AvgIpc) is 3.03. The Hall–Kier alpha value is -3.08. The first-order valence-electron chi connectivity index (χ1n) is 10.3. The van der Waals surface area contributed by atoms with Gasteiger partial charge in [-0.05, 0) is 37.3 Å². The molecule has 0 radical (unpaired) electrons. The Morgan fingerprint density at radius 2 is 1.88 bits per heavy atom. The van der Waals surface area contributed by atoms with Crippen LogP contribution in [0.2, 0.25) is 0 Å². The lowest BCUT2D eigenvalue weighted by molar-refractivity contribution is 0.0827. The van der Waals surface area contributed by atoms with Gasteiger partial charge in [0.2, 0.25) is 10.0 Å². The summed E-state index contributed by atoms with van der Waals surface area (Å²) in [5.74, 6) is -0.566. The molecular weight excluding hydrogens is 445 g/mol. The van der Waals surface area contributed by atoms with Crippen molar-refractivity contribution in [3.63, 3.8) is 0 Å². The number of aromatic nitrogens is 2. The molecule has 0 saturated heterocycles. The summed E-state index contributed by atoms with van der Waals surface area (Å²) in [6.07, 6.45) is 4.16. The van der Waals surface area contributed by atoms with Crippen LogP contribution in [0.3, 0.4) is 0 Å². The smallest absolute Gasteiger partial charge is 0.253 e. The molecule has 10 heteroatoms. The maximum atomic E-state index is 14.4. The molecule has 3 rings (SSSR count). The van der Waals surface area contributed by atoms with Gasteiger partial charge in [0.1, 0.15) is 10.7 Å². The van der Waals surface area contributed by atoms with Gasteiger partial charge >= 0.3 is 0 Å². The average molecular weight is 474 g/mol. The van der Waals surface area contributed by atoms with Crippen molar-refractivity contribution in [2.24, 2.45) is 5.73 Å². The Morgan fingerprint density at radius 1 is 1.18 bits per heavy atom. The number of halogens is 1. The van der Waals surface area contributed by atoms with Crippen LogP contribution in [0.25, 0.3) is 22.0 Å². The molecule has 0 bridgehead atoms. The minimum absolute atomic E-state index is 0.0381. The molecule has 2 heterocycles. The number of rotatable bonds is 7. The van der Waals surface area contributed by atoms with E-state index >= 15 is 0 Å². The molecule has 0 aliphatic carbocycles. The summed E-state index contributed by atoms with van der Waals surface area (Å²) in [5, 5.41) is 0.696. The largest absolute Gasteiger partial charge is 0.345 e. The summed E-state index contributed by atoms with van der Waals surface area (Å²) in [6.45, 7) is 1.86. The van der Waals surface area contributed by atoms with E-state index in [0.717, 1.165) is 4.31 Å². The third kappa shape index (κ3) is 4.68. The van der Waals surface area contributed by atoms with Crippen LogP contribution in [0.15, 0.2) is 53.5 Å². The summed E-state index contributed by atoms with van der Waals surface area (Å²) in [7, 11) is 2.52. The molecule has 1 aromatic carbocycles. The summed E-state index contributed by atoms with van der Waals surface area (Å²) in [6, 6.07) is 6.75. The molecule has 1 amide bonds. The minimum Gasteiger partial charge on any atom is -0.345 e. The number of carbonyl (C=O) groups is 1. The van der Waals surface area contributed by atoms with Gasteiger partial charge in [0.15, 0.2) is 0 Å². The van der Waals surface area contributed by atoms with Gasteiger partial charge in [-0.15, -0.1) is 0 Å². The van der Waals surface area contributed by atoms with Gasteiger partial charge < -0.3 is 15.2 Å². The highest BCUT2D eigenvalue weighted by Crippen LogP contribution is 2.36. The standard InChI is InChI=1S/C23H28FN5O3S/c1-15-22(17-10-19(13-26-12-17)33(31,32)28(4)5)20-11-16(23(30)27(2)3)6-7-21(20)29(15)14-18(24)8-9-25/h6-8,10-13H,9,14,25H2,1-5H3. The Labute approximate surface area is 193 Å². The highest BCUT2D eigenvalue weighted by Gasteiger charge is 2.22. The first-order valence-corrected chi connectivity index (χ1v) is 11.7. The van der Waals surface area contributed by atoms with E-state index in [9.17, 15) is 17.6 Å². The van der Waals surface area contributed by atoms with Crippen LogP contribution in [0.5, 0.6) is 0 Å². The third-order valence-electron chi connectivity index (χ3n) is 5.41. The first-order chi connectivity index (χ1) is 15.5. The molecule has 0 aliphatic heterocycles. The quantitative estimate of drug-likeness (QED) is 0.569. The molecule has 3 aromatic rings. The number of sulfonamides is 1. The summed E-state index contributed by atoms with van der Waals surface area (Å²) >= 11 is 0. The zero-order valence-corrected chi connectivity index (χ0v) is 20.1. The van der Waals surface area contributed by atoms with E-state index in [2.05, 4.69) is 4.98 Å². The Balaban J connectivity index is 2.32. The lowest BCUT2D eigenvalue weighted by atomic mass is 10.0. The van der Waals surface area contributed by atoms with E-state index in [1.165, 1.54) is 31.3 Å². The van der Waals surface area contributed by atoms with Crippen molar-refractivity contribution >= 4 is 26.8 Å². The third-order valence-corrected chi connectivity index (χ3v) is 7.19. The number of nitrogens with zero attached hydrogens (tertiary/aromatic N) is 4. The Morgan fingerprint density at radius 3 is 2.48 bits per heavy atom. The zero-order chi connectivity index (χ0) is 24.5. The minimum atomic E-state index is -3.71. The fourth-order valence-corrected chi connectivity index (χ4v) is 4.58. The van der Waals surface area contributed by atoms with E-state index in [1.807, 2.05) is 6.92 Å². The molecule has 0 atom stereocenters. The van der Waals surface area contributed by atoms with Crippen LogP contribution in [0, 0.1) is 6.92 Å². The van der Waals surface area contributed by atoms with Crippen molar-refractivity contribution in [1.29, 1.82) is 0 Å². The lowest BCUT2D eigenvalue weighted by Crippen LogP contribution is -2.22. The number of amides is 1. The maximum Gasteiger partial charge on any atom is 0.253 e. The number of allylic oxidation sites excluding steroid dienone is 1. The van der Waals surface area contributed by atoms with Crippen LogP contribution in [0.1, 0.15) is 16.1 Å². The molecule has 2 aromatic heterocycles. The number of pyridine rings is 1. The van der Waals surface area contributed by atoms with Gasteiger partial charge in [-0.25, -0.2) is 17.1 Å². The molecule has 0 saturated carbocycles. The summed E-state index contributed by atoms with van der Waals surface area (Å²) < 4.78 is 42.7. The number of fused-ring (bicyclic) bond motifs is 1. The fraction of sp³-hybridized carbons (Fsp3) is 0.304. The second-order valence-electron chi connectivity index (χ2n) is 8.06. The number of benzene rings is 1. The lowest BCUT2D eigenvalue weighted by Gasteiger charge is -2.12. The number of nitrogens with two attached hydrogens (primary N) is 1. The molecule has 0 spiro atoms. The van der Waals surface area contributed by atoms with Crippen molar-refractivity contribution in [3.8, 4) is 11.1 Å². The summed E-state index contributed by atoms with van der Waals surface area (Å²) in [5.41, 5.74) is 8.58. The topological polar surface area (TPSA) is 102 Å². The van der Waals surface area contributed by atoms with Gasteiger partial charge in [-0.3, -0.25) is 9.78 Å². The first kappa shape index (κ1) is 24.6. The molecular formula is C23H28FN5O3S. The van der Waals surface area contributed by atoms with Crippen molar-refractivity contribution in [2.45, 2.75) is 18.4 Å². The molecule has 8 nitrogen and oxygen atoms in total. The van der Waals surface area contributed by atoms with E-state index < -0.39 is 10.0 Å². The number of carbonyl (C=O) groups excluding carboxylic acids is 1. The highest BCUT2D eigenvalue weighted by molar-refractivity contribution is 7.89. The van der Waals surface area contributed by atoms with Crippen molar-refractivity contribution < 1.29 is 17.6 Å². The van der Waals surface area contributed by atoms with E-state index in [1.54, 1.807) is 49.1 Å². The molecule has 0 fully saturated rings. The Kier molecular flexibility index (Phi) is 7.01. The monoisotopic (exact) mass is 473 g/mol. The highest BCUT2D eigenvalue weighted by atomic mass is 32.2. The fourth-order valence-electron chi connectivity index (χ4n) is 3.69. The van der Waals surface area contributed by atoms with Crippen LogP contribution in [0.4, 0.5) is 4.39 Å². The number of hydrogen-bond donors (Lipinski definition) is 1. The normalized spacial score (nSPS) is 12.5. The zero-order valence-electron chi connectivity index (χ0n) is 19.3. The van der Waals surface area contributed by atoms with E-state index in [4.69, 9.17) is 5.73 Å². The van der Waals surface area contributed by atoms with Gasteiger partial charge in [-0.2, -0.15) is 0 Å². The Bertz CT molecular complexity index is 1340. The molecule has 176 valence electrons. The second-order valence-corrected chi connectivity index (χ2v) is 10.2. The second kappa shape index (κ2) is 9.42. The van der Waals surface area contributed by atoms with Crippen molar-refractivity contribution in [1.82, 2.24) is 18.8 Å². The molecule has 2 N–H and O–H groups in total. The van der Waals surface area contributed by atoms with Gasteiger partial charge in [0.25, 0.3) is 5.91 Å². The van der Waals surface area contributed by atoms with Gasteiger partial charge in [0, 0.05) is 80.4 Å². The predicted molar refractivity (Wildman–Crippen MR) is 127 cm³/mol. The molecule has 0 aliphatic rings. The van der Waals surface area contributed by atoms with Crippen LogP contribution >= 0.6 is 0 Å². The van der Waals surface area contributed by atoms with E-state index in [0.29, 0.717) is 33.3 Å². The van der Waals surface area contributed by atoms with Gasteiger partial charge in [-0.1, -0.05) is 0 Å². The van der Waals surface area contributed by atoms with Gasteiger partial charge in [0.05, 0.1) is 6.54 Å². The van der Waals surface area contributed by atoms with E-state index in [-0.39, 0.29) is 29.7 Å². The molecule has 33 heavy (non-hydrogen) atoms. The van der Waals surface area contributed by atoms with Crippen molar-refractivity contribution in [3.05, 3.63) is 59.8 Å².